The number of hydrogen-bond donors (Lipinski definition) is 3. The molecule has 0 radical (unpaired) electrons. The third-order valence-electron chi connectivity index (χ3n) is 19.4. The number of phosphoric acid groups is 1. The standard InChI is InChI=1S/C82H163N2O6P/c1-6-8-10-12-14-16-18-20-22-24-26-28-30-32-34-36-38-40-41-42-43-44-46-48-50-52-54-56-58-60-62-64-66-68-70-72-74-76-82(86)83-80(79-90-91(87,88)89-78-77-84(3,4)5)81(85)75-73-71-69-67-65-63-61-59-57-55-53-51-49-47-45-39-37-35-33-31-29-27-25-23-21-19-17-15-13-11-9-7-2/h24,26,73,75,80-81,85H,6-23,25,27-72,74,76-79H2,1-5H3,(H-,83,86,87,88)/p+1/b26-24-,75-73+. The summed E-state index contributed by atoms with van der Waals surface area (Å²) in [7, 11) is 1.60. The fourth-order valence-corrected chi connectivity index (χ4v) is 13.8. The lowest BCUT2D eigenvalue weighted by Crippen LogP contribution is -2.45. The van der Waals surface area contributed by atoms with E-state index in [0.29, 0.717) is 17.4 Å². The summed E-state index contributed by atoms with van der Waals surface area (Å²) >= 11 is 0. The van der Waals surface area contributed by atoms with Crippen LogP contribution in [0.25, 0.3) is 0 Å². The maximum Gasteiger partial charge on any atom is 0.472 e. The van der Waals surface area contributed by atoms with Crippen LogP contribution in [0.2, 0.25) is 0 Å². The van der Waals surface area contributed by atoms with Gasteiger partial charge in [-0.1, -0.05) is 417 Å². The lowest BCUT2D eigenvalue weighted by Gasteiger charge is -2.25. The van der Waals surface area contributed by atoms with Gasteiger partial charge in [0.05, 0.1) is 39.9 Å². The van der Waals surface area contributed by atoms with Crippen molar-refractivity contribution in [2.75, 3.05) is 40.9 Å². The SMILES string of the molecule is CCCCCCCCCC/C=C\CCCCCCCCCCCCCCCCCCCCCCCCCCCC(=O)NC(COP(=O)(O)OCC[N+](C)(C)C)C(O)/C=C/CCCCCCCCCCCCCCCCCCCCCCCCCCCCCCCC. The van der Waals surface area contributed by atoms with Crippen LogP contribution in [0.3, 0.4) is 0 Å². The van der Waals surface area contributed by atoms with Crippen molar-refractivity contribution >= 4 is 13.7 Å². The summed E-state index contributed by atoms with van der Waals surface area (Å²) in [4.78, 5) is 23.5. The van der Waals surface area contributed by atoms with Gasteiger partial charge in [-0.15, -0.1) is 0 Å². The highest BCUT2D eigenvalue weighted by Gasteiger charge is 2.28. The van der Waals surface area contributed by atoms with Crippen molar-refractivity contribution < 1.29 is 32.9 Å². The van der Waals surface area contributed by atoms with Crippen molar-refractivity contribution in [2.24, 2.45) is 0 Å². The Morgan fingerprint density at radius 3 is 0.846 bits per heavy atom. The second-order valence-corrected chi connectivity index (χ2v) is 31.3. The number of likely N-dealkylation sites (N-methyl/N-ethyl adjacent to an activating group) is 1. The number of carbonyl (C=O) groups is 1. The predicted molar refractivity (Wildman–Crippen MR) is 402 cm³/mol. The molecule has 0 aromatic heterocycles. The minimum Gasteiger partial charge on any atom is -0.387 e. The van der Waals surface area contributed by atoms with Gasteiger partial charge in [0.25, 0.3) is 0 Å². The number of carbonyl (C=O) groups excluding carboxylic acids is 1. The van der Waals surface area contributed by atoms with Crippen LogP contribution in [0.4, 0.5) is 0 Å². The molecule has 91 heavy (non-hydrogen) atoms. The fraction of sp³-hybridized carbons (Fsp3) is 0.939. The maximum absolute atomic E-state index is 13.1. The second kappa shape index (κ2) is 73.2. The Bertz CT molecular complexity index is 1530. The Labute approximate surface area is 570 Å². The first-order valence-corrected chi connectivity index (χ1v) is 42.7. The number of allylic oxidation sites excluding steroid dienone is 3. The molecular weight excluding hydrogens is 1140 g/mol. The van der Waals surface area contributed by atoms with Gasteiger partial charge in [-0.3, -0.25) is 13.8 Å². The fourth-order valence-electron chi connectivity index (χ4n) is 13.0. The van der Waals surface area contributed by atoms with E-state index in [1.54, 1.807) is 6.08 Å². The van der Waals surface area contributed by atoms with E-state index in [1.165, 1.54) is 392 Å². The smallest absolute Gasteiger partial charge is 0.387 e. The number of nitrogens with zero attached hydrogens (tertiary/aromatic N) is 1. The molecule has 0 fully saturated rings. The van der Waals surface area contributed by atoms with Crippen LogP contribution in [0, 0.1) is 0 Å². The van der Waals surface area contributed by atoms with Gasteiger partial charge < -0.3 is 19.8 Å². The van der Waals surface area contributed by atoms with Gasteiger partial charge in [0.15, 0.2) is 0 Å². The van der Waals surface area contributed by atoms with Crippen molar-refractivity contribution in [2.45, 2.75) is 456 Å². The zero-order valence-corrected chi connectivity index (χ0v) is 63.3. The first-order valence-electron chi connectivity index (χ1n) is 41.2. The molecule has 8 nitrogen and oxygen atoms in total. The number of unbranched alkanes of at least 4 members (excludes halogenated alkanes) is 63. The van der Waals surface area contributed by atoms with Gasteiger partial charge in [0.2, 0.25) is 5.91 Å². The summed E-state index contributed by atoms with van der Waals surface area (Å²) in [6, 6.07) is -0.846. The molecule has 3 N–H and O–H groups in total. The lowest BCUT2D eigenvalue weighted by molar-refractivity contribution is -0.870. The van der Waals surface area contributed by atoms with Gasteiger partial charge in [-0.2, -0.15) is 0 Å². The van der Waals surface area contributed by atoms with Gasteiger partial charge in [-0.25, -0.2) is 4.57 Å². The van der Waals surface area contributed by atoms with Crippen LogP contribution in [-0.2, 0) is 18.4 Å². The summed E-state index contributed by atoms with van der Waals surface area (Å²) in [5.41, 5.74) is 0. The summed E-state index contributed by atoms with van der Waals surface area (Å²) < 4.78 is 23.9. The van der Waals surface area contributed by atoms with E-state index in [9.17, 15) is 19.4 Å². The molecular formula is C82H164N2O6P+. The van der Waals surface area contributed by atoms with Crippen LogP contribution < -0.4 is 5.32 Å². The second-order valence-electron chi connectivity index (χ2n) is 29.9. The molecule has 1 amide bonds. The molecule has 0 rings (SSSR count). The first kappa shape index (κ1) is 90.0. The van der Waals surface area contributed by atoms with E-state index in [-0.39, 0.29) is 19.1 Å². The molecule has 0 bridgehead atoms. The van der Waals surface area contributed by atoms with Crippen LogP contribution in [-0.4, -0.2) is 73.4 Å². The number of rotatable bonds is 78. The Balaban J connectivity index is 3.92. The summed E-state index contributed by atoms with van der Waals surface area (Å²) in [5.74, 6) is -0.166. The highest BCUT2D eigenvalue weighted by atomic mass is 31.2. The topological polar surface area (TPSA) is 105 Å². The molecule has 0 heterocycles. The molecule has 0 aliphatic rings. The van der Waals surface area contributed by atoms with Gasteiger partial charge in [0.1, 0.15) is 13.2 Å². The average Bonchev–Trinajstić information content (AvgIpc) is 3.42. The van der Waals surface area contributed by atoms with Gasteiger partial charge in [0, 0.05) is 6.42 Å². The van der Waals surface area contributed by atoms with Crippen molar-refractivity contribution in [3.05, 3.63) is 24.3 Å². The highest BCUT2D eigenvalue weighted by molar-refractivity contribution is 7.47. The number of hydrogen-bond acceptors (Lipinski definition) is 5. The van der Waals surface area contributed by atoms with Gasteiger partial charge >= 0.3 is 7.82 Å². The molecule has 0 aliphatic carbocycles. The predicted octanol–water partition coefficient (Wildman–Crippen LogP) is 27.0. The Hall–Kier alpha value is -1.02. The molecule has 542 valence electrons. The summed E-state index contributed by atoms with van der Waals surface area (Å²) in [5, 5.41) is 14.1. The third kappa shape index (κ3) is 76.2. The van der Waals surface area contributed by atoms with Crippen molar-refractivity contribution in [3.63, 3.8) is 0 Å². The lowest BCUT2D eigenvalue weighted by atomic mass is 10.0. The molecule has 0 aromatic rings. The van der Waals surface area contributed by atoms with E-state index in [0.717, 1.165) is 32.1 Å². The molecule has 0 spiro atoms. The zero-order chi connectivity index (χ0) is 66.2. The zero-order valence-electron chi connectivity index (χ0n) is 62.4. The van der Waals surface area contributed by atoms with Crippen LogP contribution in [0.15, 0.2) is 24.3 Å². The largest absolute Gasteiger partial charge is 0.472 e. The van der Waals surface area contributed by atoms with E-state index < -0.39 is 20.0 Å². The van der Waals surface area contributed by atoms with Crippen molar-refractivity contribution in [1.82, 2.24) is 5.32 Å². The Morgan fingerprint density at radius 1 is 0.363 bits per heavy atom. The quantitative estimate of drug-likeness (QED) is 0.0243. The molecule has 3 atom stereocenters. The number of amides is 1. The molecule has 0 aliphatic heterocycles. The number of nitrogens with one attached hydrogen (secondary N) is 1. The first-order chi connectivity index (χ1) is 44.5. The summed E-state index contributed by atoms with van der Waals surface area (Å²) in [6.45, 7) is 4.89. The average molecular weight is 1310 g/mol. The normalized spacial score (nSPS) is 13.5. The number of aliphatic hydroxyl groups excluding tert-OH is 1. The van der Waals surface area contributed by atoms with Crippen LogP contribution in [0.5, 0.6) is 0 Å². The third-order valence-corrected chi connectivity index (χ3v) is 20.4. The Morgan fingerprint density at radius 2 is 0.593 bits per heavy atom. The molecule has 9 heteroatoms. The summed E-state index contributed by atoms with van der Waals surface area (Å²) in [6.07, 6.45) is 98.2. The van der Waals surface area contributed by atoms with E-state index in [1.807, 2.05) is 27.2 Å². The van der Waals surface area contributed by atoms with E-state index >= 15 is 0 Å². The van der Waals surface area contributed by atoms with Crippen molar-refractivity contribution in [3.8, 4) is 0 Å². The van der Waals surface area contributed by atoms with E-state index in [4.69, 9.17) is 9.05 Å². The van der Waals surface area contributed by atoms with Gasteiger partial charge in [-0.05, 0) is 44.9 Å². The molecule has 0 saturated heterocycles. The number of aliphatic hydroxyl groups is 1. The molecule has 0 saturated carbocycles. The van der Waals surface area contributed by atoms with E-state index in [2.05, 4.69) is 31.3 Å². The number of quaternary nitrogens is 1. The van der Waals surface area contributed by atoms with Crippen LogP contribution in [0.1, 0.15) is 444 Å². The minimum absolute atomic E-state index is 0.0650. The Kier molecular flexibility index (Phi) is 72.4. The monoisotopic (exact) mass is 1300 g/mol. The highest BCUT2D eigenvalue weighted by Crippen LogP contribution is 2.43. The molecule has 0 aromatic carbocycles. The minimum atomic E-state index is -4.36. The molecule has 3 unspecified atom stereocenters. The van der Waals surface area contributed by atoms with Crippen molar-refractivity contribution in [1.29, 1.82) is 0 Å². The maximum atomic E-state index is 13.1. The van der Waals surface area contributed by atoms with Crippen LogP contribution >= 0.6 is 7.82 Å². The number of phosphoric ester groups is 1.